The van der Waals surface area contributed by atoms with Crippen molar-refractivity contribution in [2.45, 2.75) is 25.9 Å². The predicted octanol–water partition coefficient (Wildman–Crippen LogP) is 2.59. The van der Waals surface area contributed by atoms with Crippen molar-refractivity contribution in [3.05, 3.63) is 59.7 Å². The Labute approximate surface area is 146 Å². The average Bonchev–Trinajstić information content (AvgIpc) is 2.78. The molecule has 5 nitrogen and oxygen atoms in total. The Kier molecular flexibility index (Phi) is 4.59. The molecule has 3 rings (SSSR count). The average molecular weight is 339 g/mol. The van der Waals surface area contributed by atoms with Crippen molar-refractivity contribution in [3.8, 4) is 5.75 Å². The van der Waals surface area contributed by atoms with E-state index in [0.717, 1.165) is 11.3 Å². The number of ether oxygens (including phenoxy) is 1. The number of Topliss-reactive ketones (excluding diaryl/α,β-unsaturated/α-hetero) is 1. The molecule has 2 aromatic carbocycles. The van der Waals surface area contributed by atoms with Crippen LogP contribution in [0.15, 0.2) is 48.5 Å². The molecule has 1 aliphatic heterocycles. The number of aryl methyl sites for hydroxylation is 1. The van der Waals surface area contributed by atoms with Crippen molar-refractivity contribution < 1.29 is 19.4 Å². The first kappa shape index (κ1) is 17.2. The van der Waals surface area contributed by atoms with Gasteiger partial charge in [-0.05, 0) is 31.5 Å². The quantitative estimate of drug-likeness (QED) is 0.878. The second-order valence-electron chi connectivity index (χ2n) is 6.33. The Morgan fingerprint density at radius 3 is 2.56 bits per heavy atom. The lowest BCUT2D eigenvalue weighted by molar-refractivity contribution is -0.141. The Bertz CT molecular complexity index is 817. The summed E-state index contributed by atoms with van der Waals surface area (Å²) in [5, 5.41) is 10.9. The highest BCUT2D eigenvalue weighted by Gasteiger charge is 2.50. The number of benzene rings is 2. The monoisotopic (exact) mass is 339 g/mol. The number of rotatable bonds is 6. The number of amides is 1. The summed E-state index contributed by atoms with van der Waals surface area (Å²) in [6.45, 7) is 3.92. The Morgan fingerprint density at radius 2 is 1.84 bits per heavy atom. The lowest BCUT2D eigenvalue weighted by Gasteiger charge is -2.22. The SMILES string of the molecule is CC(=O)C[C@@]1(O)C(=O)N(CCOc2ccccc2C)c2ccccc21. The highest BCUT2D eigenvalue weighted by atomic mass is 16.5. The third-order valence-corrected chi connectivity index (χ3v) is 4.41. The van der Waals surface area contributed by atoms with E-state index in [1.165, 1.54) is 11.8 Å². The molecule has 0 radical (unpaired) electrons. The minimum Gasteiger partial charge on any atom is -0.491 e. The first-order valence-electron chi connectivity index (χ1n) is 8.25. The lowest BCUT2D eigenvalue weighted by atomic mass is 9.90. The van der Waals surface area contributed by atoms with Crippen LogP contribution in [0.3, 0.4) is 0 Å². The third-order valence-electron chi connectivity index (χ3n) is 4.41. The van der Waals surface area contributed by atoms with Crippen LogP contribution in [0, 0.1) is 6.92 Å². The molecule has 0 aliphatic carbocycles. The minimum atomic E-state index is -1.79. The molecule has 25 heavy (non-hydrogen) atoms. The number of carbonyl (C=O) groups excluding carboxylic acids is 2. The zero-order valence-electron chi connectivity index (χ0n) is 14.4. The normalized spacial score (nSPS) is 19.0. The number of carbonyl (C=O) groups is 2. The van der Waals surface area contributed by atoms with Gasteiger partial charge in [0.25, 0.3) is 5.91 Å². The molecule has 0 fully saturated rings. The van der Waals surface area contributed by atoms with Gasteiger partial charge in [0.05, 0.1) is 12.2 Å². The van der Waals surface area contributed by atoms with Gasteiger partial charge >= 0.3 is 0 Å². The van der Waals surface area contributed by atoms with Crippen molar-refractivity contribution in [2.75, 3.05) is 18.1 Å². The largest absolute Gasteiger partial charge is 0.491 e. The van der Waals surface area contributed by atoms with Crippen LogP contribution in [0.2, 0.25) is 0 Å². The molecule has 0 saturated carbocycles. The van der Waals surface area contributed by atoms with Crippen molar-refractivity contribution in [2.24, 2.45) is 0 Å². The van der Waals surface area contributed by atoms with Gasteiger partial charge in [0.15, 0.2) is 5.60 Å². The number of hydrogen-bond acceptors (Lipinski definition) is 4. The number of nitrogens with zero attached hydrogens (tertiary/aromatic N) is 1. The van der Waals surface area contributed by atoms with E-state index in [1.54, 1.807) is 24.3 Å². The Hall–Kier alpha value is -2.66. The van der Waals surface area contributed by atoms with Crippen LogP contribution >= 0.6 is 0 Å². The maximum absolute atomic E-state index is 12.8. The van der Waals surface area contributed by atoms with E-state index < -0.39 is 11.5 Å². The zero-order valence-corrected chi connectivity index (χ0v) is 14.4. The van der Waals surface area contributed by atoms with Gasteiger partial charge in [0.2, 0.25) is 0 Å². The molecular formula is C20H21NO4. The highest BCUT2D eigenvalue weighted by Crippen LogP contribution is 2.42. The van der Waals surface area contributed by atoms with Crippen LogP contribution in [-0.2, 0) is 15.2 Å². The van der Waals surface area contributed by atoms with Crippen LogP contribution < -0.4 is 9.64 Å². The Morgan fingerprint density at radius 1 is 1.16 bits per heavy atom. The van der Waals surface area contributed by atoms with Gasteiger partial charge in [-0.3, -0.25) is 9.59 Å². The second kappa shape index (κ2) is 6.69. The summed E-state index contributed by atoms with van der Waals surface area (Å²) in [5.74, 6) is 0.0578. The molecule has 0 spiro atoms. The van der Waals surface area contributed by atoms with Gasteiger partial charge in [-0.15, -0.1) is 0 Å². The molecular weight excluding hydrogens is 318 g/mol. The molecule has 1 amide bonds. The van der Waals surface area contributed by atoms with Crippen molar-refractivity contribution in [1.29, 1.82) is 0 Å². The van der Waals surface area contributed by atoms with Gasteiger partial charge < -0.3 is 14.7 Å². The molecule has 5 heteroatoms. The lowest BCUT2D eigenvalue weighted by Crippen LogP contribution is -2.43. The van der Waals surface area contributed by atoms with Crippen LogP contribution in [-0.4, -0.2) is 29.9 Å². The molecule has 1 heterocycles. The maximum Gasteiger partial charge on any atom is 0.264 e. The number of ketones is 1. The number of aliphatic hydroxyl groups is 1. The number of para-hydroxylation sites is 2. The van der Waals surface area contributed by atoms with Gasteiger partial charge in [-0.25, -0.2) is 0 Å². The molecule has 0 unspecified atom stereocenters. The van der Waals surface area contributed by atoms with Crippen molar-refractivity contribution >= 4 is 17.4 Å². The van der Waals surface area contributed by atoms with E-state index in [-0.39, 0.29) is 12.2 Å². The first-order valence-corrected chi connectivity index (χ1v) is 8.25. The number of fused-ring (bicyclic) bond motifs is 1. The van der Waals surface area contributed by atoms with E-state index in [2.05, 4.69) is 0 Å². The molecule has 1 N–H and O–H groups in total. The topological polar surface area (TPSA) is 66.8 Å². The standard InChI is InChI=1S/C20H21NO4/c1-14-7-3-6-10-18(14)25-12-11-21-17-9-5-4-8-16(17)20(24,19(21)23)13-15(2)22/h3-10,24H,11-13H2,1-2H3/t20-/m0/s1. The molecule has 1 atom stereocenters. The van der Waals surface area contributed by atoms with E-state index in [4.69, 9.17) is 4.74 Å². The summed E-state index contributed by atoms with van der Waals surface area (Å²) in [4.78, 5) is 25.8. The minimum absolute atomic E-state index is 0.224. The molecule has 0 saturated heterocycles. The Balaban J connectivity index is 1.79. The fourth-order valence-electron chi connectivity index (χ4n) is 3.22. The smallest absolute Gasteiger partial charge is 0.264 e. The number of anilines is 1. The van der Waals surface area contributed by atoms with Crippen molar-refractivity contribution in [1.82, 2.24) is 0 Å². The van der Waals surface area contributed by atoms with Crippen LogP contribution in [0.1, 0.15) is 24.5 Å². The van der Waals surface area contributed by atoms with Gasteiger partial charge in [0, 0.05) is 12.0 Å². The van der Waals surface area contributed by atoms with E-state index in [1.807, 2.05) is 31.2 Å². The van der Waals surface area contributed by atoms with E-state index in [0.29, 0.717) is 24.4 Å². The zero-order chi connectivity index (χ0) is 18.0. The van der Waals surface area contributed by atoms with Gasteiger partial charge in [0.1, 0.15) is 18.1 Å². The summed E-state index contributed by atoms with van der Waals surface area (Å²) >= 11 is 0. The van der Waals surface area contributed by atoms with E-state index in [9.17, 15) is 14.7 Å². The van der Waals surface area contributed by atoms with Gasteiger partial charge in [-0.1, -0.05) is 36.4 Å². The maximum atomic E-state index is 12.8. The van der Waals surface area contributed by atoms with Crippen LogP contribution in [0.25, 0.3) is 0 Å². The third kappa shape index (κ3) is 3.15. The molecule has 0 aromatic heterocycles. The fraction of sp³-hybridized carbons (Fsp3) is 0.300. The van der Waals surface area contributed by atoms with Gasteiger partial charge in [-0.2, -0.15) is 0 Å². The summed E-state index contributed by atoms with van der Waals surface area (Å²) in [6, 6.07) is 14.7. The van der Waals surface area contributed by atoms with Crippen LogP contribution in [0.5, 0.6) is 5.75 Å². The molecule has 1 aliphatic rings. The highest BCUT2D eigenvalue weighted by molar-refractivity contribution is 6.08. The molecule has 0 bridgehead atoms. The first-order chi connectivity index (χ1) is 11.9. The second-order valence-corrected chi connectivity index (χ2v) is 6.33. The number of hydrogen-bond donors (Lipinski definition) is 1. The summed E-state index contributed by atoms with van der Waals surface area (Å²) in [7, 11) is 0. The summed E-state index contributed by atoms with van der Waals surface area (Å²) in [5.41, 5.74) is 0.338. The van der Waals surface area contributed by atoms with Crippen molar-refractivity contribution in [3.63, 3.8) is 0 Å². The molecule has 130 valence electrons. The van der Waals surface area contributed by atoms with E-state index >= 15 is 0 Å². The summed E-state index contributed by atoms with van der Waals surface area (Å²) in [6.07, 6.45) is -0.224. The fourth-order valence-corrected chi connectivity index (χ4v) is 3.22. The molecule has 2 aromatic rings. The predicted molar refractivity (Wildman–Crippen MR) is 94.7 cm³/mol. The summed E-state index contributed by atoms with van der Waals surface area (Å²) < 4.78 is 5.77. The van der Waals surface area contributed by atoms with Crippen LogP contribution in [0.4, 0.5) is 5.69 Å².